The van der Waals surface area contributed by atoms with Gasteiger partial charge in [0.2, 0.25) is 0 Å². The summed E-state index contributed by atoms with van der Waals surface area (Å²) in [6.45, 7) is 6.12. The number of hydrogen-bond donors (Lipinski definition) is 4. The minimum atomic E-state index is -0.962. The van der Waals surface area contributed by atoms with Crippen LogP contribution in [0.5, 0.6) is 0 Å². The zero-order chi connectivity index (χ0) is 25.0. The highest BCUT2D eigenvalue weighted by Crippen LogP contribution is 2.38. The van der Waals surface area contributed by atoms with E-state index in [9.17, 15) is 24.2 Å². The third kappa shape index (κ3) is 6.18. The maximum absolute atomic E-state index is 14.2. The Morgan fingerprint density at radius 1 is 1.21 bits per heavy atom. The van der Waals surface area contributed by atoms with E-state index in [1.807, 2.05) is 19.1 Å². The van der Waals surface area contributed by atoms with Crippen LogP contribution in [-0.4, -0.2) is 40.4 Å². The van der Waals surface area contributed by atoms with Gasteiger partial charge in [-0.1, -0.05) is 24.6 Å². The molecule has 0 aliphatic carbocycles. The average molecular weight is 492 g/mol. The molecule has 34 heavy (non-hydrogen) atoms. The summed E-state index contributed by atoms with van der Waals surface area (Å²) in [5.41, 5.74) is 0.971. The van der Waals surface area contributed by atoms with Crippen molar-refractivity contribution in [2.45, 2.75) is 64.0 Å². The number of nitrogens with one attached hydrogen (secondary N) is 2. The highest BCUT2D eigenvalue weighted by atomic mass is 35.5. The van der Waals surface area contributed by atoms with Crippen molar-refractivity contribution >= 4 is 40.7 Å². The van der Waals surface area contributed by atoms with E-state index in [1.54, 1.807) is 19.9 Å². The van der Waals surface area contributed by atoms with E-state index < -0.39 is 23.4 Å². The molecule has 1 saturated heterocycles. The van der Waals surface area contributed by atoms with Gasteiger partial charge >= 0.3 is 12.0 Å². The van der Waals surface area contributed by atoms with Crippen LogP contribution < -0.4 is 15.5 Å². The molecule has 0 saturated carbocycles. The van der Waals surface area contributed by atoms with Crippen LogP contribution in [0.2, 0.25) is 5.02 Å². The first-order valence-corrected chi connectivity index (χ1v) is 11.7. The maximum Gasteiger partial charge on any atom is 0.323 e. The standard InChI is InChI=1S/C25H31ClFN3O4/c1-4-15(13-23(31)32)16-7-10-21(30-11-5-6-22(30)25(2,3)34)20(12-16)29-24(33)28-19-9-8-17(26)14-18(19)27/h7-10,12,14-15,22,34H,4-6,11,13H2,1-3H3,(H,31,32)(H2,28,29,33)/t15?,22-/m0/s1. The quantitative estimate of drug-likeness (QED) is 0.372. The largest absolute Gasteiger partial charge is 0.481 e. The number of halogens is 2. The minimum Gasteiger partial charge on any atom is -0.481 e. The molecule has 1 heterocycles. The SMILES string of the molecule is CCC(CC(=O)O)c1ccc(N2CCC[C@H]2C(C)(C)O)c(NC(=O)Nc2ccc(Cl)cc2F)c1. The number of carboxylic acid groups (broad SMARTS) is 1. The number of hydrogen-bond acceptors (Lipinski definition) is 4. The molecule has 2 atom stereocenters. The molecule has 1 aliphatic heterocycles. The zero-order valence-electron chi connectivity index (χ0n) is 19.6. The number of amides is 2. The van der Waals surface area contributed by atoms with E-state index in [-0.39, 0.29) is 29.1 Å². The number of carbonyl (C=O) groups is 2. The molecule has 184 valence electrons. The van der Waals surface area contributed by atoms with Crippen LogP contribution in [-0.2, 0) is 4.79 Å². The van der Waals surface area contributed by atoms with Gasteiger partial charge in [0, 0.05) is 11.6 Å². The van der Waals surface area contributed by atoms with Crippen LogP contribution in [0, 0.1) is 5.82 Å². The molecule has 0 aromatic heterocycles. The Morgan fingerprint density at radius 2 is 1.91 bits per heavy atom. The van der Waals surface area contributed by atoms with Crippen molar-refractivity contribution in [2.75, 3.05) is 22.1 Å². The molecule has 0 spiro atoms. The molecule has 7 nitrogen and oxygen atoms in total. The van der Waals surface area contributed by atoms with Gasteiger partial charge in [-0.2, -0.15) is 0 Å². The second-order valence-corrected chi connectivity index (χ2v) is 9.62. The number of carbonyl (C=O) groups excluding carboxylic acids is 1. The van der Waals surface area contributed by atoms with Gasteiger partial charge < -0.3 is 25.7 Å². The number of carboxylic acids is 1. The molecule has 3 rings (SSSR count). The van der Waals surface area contributed by atoms with Gasteiger partial charge in [0.1, 0.15) is 5.82 Å². The molecule has 1 fully saturated rings. The van der Waals surface area contributed by atoms with Gasteiger partial charge in [-0.25, -0.2) is 9.18 Å². The number of urea groups is 1. The van der Waals surface area contributed by atoms with Crippen LogP contribution >= 0.6 is 11.6 Å². The third-order valence-electron chi connectivity index (χ3n) is 6.21. The normalized spacial score (nSPS) is 16.9. The summed E-state index contributed by atoms with van der Waals surface area (Å²) in [5.74, 6) is -1.79. The molecule has 4 N–H and O–H groups in total. The fraction of sp³-hybridized carbons (Fsp3) is 0.440. The highest BCUT2D eigenvalue weighted by molar-refractivity contribution is 6.30. The predicted octanol–water partition coefficient (Wildman–Crippen LogP) is 5.83. The number of aliphatic hydroxyl groups is 1. The summed E-state index contributed by atoms with van der Waals surface area (Å²) in [6.07, 6.45) is 2.26. The smallest absolute Gasteiger partial charge is 0.323 e. The number of aliphatic carboxylic acids is 1. The van der Waals surface area contributed by atoms with E-state index in [2.05, 4.69) is 15.5 Å². The Labute approximate surface area is 203 Å². The first-order valence-electron chi connectivity index (χ1n) is 11.4. The second-order valence-electron chi connectivity index (χ2n) is 9.19. The zero-order valence-corrected chi connectivity index (χ0v) is 20.3. The van der Waals surface area contributed by atoms with Gasteiger partial charge in [0.25, 0.3) is 0 Å². The van der Waals surface area contributed by atoms with Gasteiger partial charge in [0.05, 0.1) is 35.1 Å². The van der Waals surface area contributed by atoms with Crippen LogP contribution in [0.3, 0.4) is 0 Å². The van der Waals surface area contributed by atoms with E-state index in [0.717, 1.165) is 24.5 Å². The maximum atomic E-state index is 14.2. The van der Waals surface area contributed by atoms with E-state index >= 15 is 0 Å². The number of benzene rings is 2. The highest BCUT2D eigenvalue weighted by Gasteiger charge is 2.37. The Balaban J connectivity index is 1.95. The molecule has 1 aliphatic rings. The van der Waals surface area contributed by atoms with Crippen LogP contribution in [0.15, 0.2) is 36.4 Å². The molecule has 9 heteroatoms. The van der Waals surface area contributed by atoms with Crippen molar-refractivity contribution in [1.82, 2.24) is 0 Å². The van der Waals surface area contributed by atoms with E-state index in [0.29, 0.717) is 24.3 Å². The van der Waals surface area contributed by atoms with Gasteiger partial charge in [-0.05, 0) is 74.9 Å². The fourth-order valence-corrected chi connectivity index (χ4v) is 4.68. The van der Waals surface area contributed by atoms with Gasteiger partial charge in [-0.3, -0.25) is 4.79 Å². The van der Waals surface area contributed by atoms with Crippen LogP contribution in [0.1, 0.15) is 57.9 Å². The summed E-state index contributed by atoms with van der Waals surface area (Å²) in [5, 5.41) is 25.5. The van der Waals surface area contributed by atoms with Crippen molar-refractivity contribution < 1.29 is 24.2 Å². The van der Waals surface area contributed by atoms with Crippen LogP contribution in [0.4, 0.5) is 26.2 Å². The molecule has 1 unspecified atom stereocenters. The lowest BCUT2D eigenvalue weighted by molar-refractivity contribution is -0.137. The summed E-state index contributed by atoms with van der Waals surface area (Å²) < 4.78 is 14.2. The number of nitrogens with zero attached hydrogens (tertiary/aromatic N) is 1. The molecular weight excluding hydrogens is 461 g/mol. The molecule has 2 amide bonds. The monoisotopic (exact) mass is 491 g/mol. The summed E-state index contributed by atoms with van der Waals surface area (Å²) >= 11 is 5.79. The Kier molecular flexibility index (Phi) is 8.05. The Bertz CT molecular complexity index is 1060. The van der Waals surface area contributed by atoms with E-state index in [4.69, 9.17) is 11.6 Å². The van der Waals surface area contributed by atoms with Gasteiger partial charge in [-0.15, -0.1) is 0 Å². The Hall–Kier alpha value is -2.84. The second kappa shape index (κ2) is 10.6. The Morgan fingerprint density at radius 3 is 2.53 bits per heavy atom. The number of rotatable bonds is 8. The first kappa shape index (κ1) is 25.8. The predicted molar refractivity (Wildman–Crippen MR) is 132 cm³/mol. The molecule has 0 radical (unpaired) electrons. The lowest BCUT2D eigenvalue weighted by Crippen LogP contribution is -2.46. The minimum absolute atomic E-state index is 0.0209. The summed E-state index contributed by atoms with van der Waals surface area (Å²) in [4.78, 5) is 26.2. The van der Waals surface area contributed by atoms with Crippen molar-refractivity contribution in [3.63, 3.8) is 0 Å². The topological polar surface area (TPSA) is 102 Å². The van der Waals surface area contributed by atoms with Crippen molar-refractivity contribution in [3.8, 4) is 0 Å². The molecular formula is C25H31ClFN3O4. The molecule has 2 aromatic rings. The van der Waals surface area contributed by atoms with E-state index in [1.165, 1.54) is 12.1 Å². The van der Waals surface area contributed by atoms with Crippen molar-refractivity contribution in [2.24, 2.45) is 0 Å². The first-order chi connectivity index (χ1) is 16.0. The lowest BCUT2D eigenvalue weighted by Gasteiger charge is -2.36. The van der Waals surface area contributed by atoms with Crippen molar-refractivity contribution in [3.05, 3.63) is 52.8 Å². The lowest BCUT2D eigenvalue weighted by atomic mass is 9.92. The molecule has 0 bridgehead atoms. The van der Waals surface area contributed by atoms with Gasteiger partial charge in [0.15, 0.2) is 0 Å². The summed E-state index contributed by atoms with van der Waals surface area (Å²) in [7, 11) is 0. The van der Waals surface area contributed by atoms with Crippen LogP contribution in [0.25, 0.3) is 0 Å². The fourth-order valence-electron chi connectivity index (χ4n) is 4.52. The number of anilines is 3. The van der Waals surface area contributed by atoms with Crippen molar-refractivity contribution in [1.29, 1.82) is 0 Å². The summed E-state index contributed by atoms with van der Waals surface area (Å²) in [6, 6.07) is 8.64. The average Bonchev–Trinajstić information content (AvgIpc) is 3.24. The molecule has 2 aromatic carbocycles. The third-order valence-corrected chi connectivity index (χ3v) is 6.45.